The van der Waals surface area contributed by atoms with Crippen molar-refractivity contribution in [2.45, 2.75) is 49.6 Å². The van der Waals surface area contributed by atoms with Crippen molar-refractivity contribution in [3.05, 3.63) is 64.6 Å². The van der Waals surface area contributed by atoms with Crippen LogP contribution in [0.4, 0.5) is 4.39 Å². The number of benzene rings is 2. The Bertz CT molecular complexity index is 1390. The Morgan fingerprint density at radius 2 is 1.91 bits per heavy atom. The van der Waals surface area contributed by atoms with E-state index in [1.54, 1.807) is 18.2 Å². The zero-order chi connectivity index (χ0) is 23.6. The monoisotopic (exact) mass is 484 g/mol. The van der Waals surface area contributed by atoms with Gasteiger partial charge in [0, 0.05) is 42.1 Å². The van der Waals surface area contributed by atoms with Crippen molar-refractivity contribution in [1.29, 1.82) is 10.5 Å². The molecule has 0 radical (unpaired) electrons. The quantitative estimate of drug-likeness (QED) is 0.481. The average Bonchev–Trinajstić information content (AvgIpc) is 3.10. The van der Waals surface area contributed by atoms with E-state index in [1.807, 2.05) is 10.6 Å². The second-order valence-electron chi connectivity index (χ2n) is 8.00. The molecule has 0 bridgehead atoms. The number of aromatic nitrogens is 1. The van der Waals surface area contributed by atoms with Crippen LogP contribution in [0, 0.1) is 28.5 Å². The topological polar surface area (TPSA) is 89.9 Å². The van der Waals surface area contributed by atoms with Crippen LogP contribution in [0.1, 0.15) is 30.5 Å². The predicted molar refractivity (Wildman–Crippen MR) is 124 cm³/mol. The Labute approximate surface area is 197 Å². The number of nitrogens with zero attached hydrogens (tertiary/aromatic N) is 4. The highest BCUT2D eigenvalue weighted by Gasteiger charge is 2.36. The van der Waals surface area contributed by atoms with Crippen LogP contribution in [0.3, 0.4) is 0 Å². The Morgan fingerprint density at radius 3 is 2.64 bits per heavy atom. The number of hydrogen-bond donors (Lipinski definition) is 0. The fourth-order valence-electron chi connectivity index (χ4n) is 4.71. The second-order valence-corrected chi connectivity index (χ2v) is 10.3. The van der Waals surface area contributed by atoms with E-state index in [9.17, 15) is 12.8 Å². The van der Waals surface area contributed by atoms with Crippen molar-refractivity contribution in [2.24, 2.45) is 0 Å². The summed E-state index contributed by atoms with van der Waals surface area (Å²) in [6, 6.07) is 14.7. The van der Waals surface area contributed by atoms with Crippen molar-refractivity contribution >= 4 is 32.5 Å². The fraction of sp³-hybridized carbons (Fsp3) is 0.333. The molecule has 6 nitrogen and oxygen atoms in total. The highest BCUT2D eigenvalue weighted by atomic mass is 35.5. The molecule has 170 valence electrons. The molecule has 1 aromatic heterocycles. The molecule has 33 heavy (non-hydrogen) atoms. The molecular formula is C24H22ClFN4O2S. The van der Waals surface area contributed by atoms with Gasteiger partial charge in [-0.05, 0) is 55.2 Å². The average molecular weight is 485 g/mol. The largest absolute Gasteiger partial charge is 0.343 e. The number of fused-ring (bicyclic) bond motifs is 3. The highest BCUT2D eigenvalue weighted by Crippen LogP contribution is 2.36. The van der Waals surface area contributed by atoms with Gasteiger partial charge in [0.1, 0.15) is 10.7 Å². The van der Waals surface area contributed by atoms with Gasteiger partial charge in [-0.15, -0.1) is 0 Å². The molecule has 0 saturated carbocycles. The molecule has 1 unspecified atom stereocenters. The highest BCUT2D eigenvalue weighted by molar-refractivity contribution is 7.89. The summed E-state index contributed by atoms with van der Waals surface area (Å²) in [6.07, 6.45) is 1.90. The molecule has 0 aliphatic heterocycles. The third-order valence-electron chi connectivity index (χ3n) is 6.12. The predicted octanol–water partition coefficient (Wildman–Crippen LogP) is 4.81. The van der Waals surface area contributed by atoms with Crippen LogP contribution in [-0.4, -0.2) is 29.9 Å². The number of rotatable bonds is 7. The summed E-state index contributed by atoms with van der Waals surface area (Å²) in [4.78, 5) is 0.0119. The number of aryl methyl sites for hydroxylation is 1. The van der Waals surface area contributed by atoms with Gasteiger partial charge in [-0.2, -0.15) is 14.8 Å². The number of halogens is 2. The van der Waals surface area contributed by atoms with E-state index in [4.69, 9.17) is 22.1 Å². The van der Waals surface area contributed by atoms with E-state index in [2.05, 4.69) is 6.07 Å². The molecule has 0 spiro atoms. The van der Waals surface area contributed by atoms with Crippen LogP contribution >= 0.6 is 11.6 Å². The van der Waals surface area contributed by atoms with Gasteiger partial charge in [0.25, 0.3) is 0 Å². The normalized spacial score (nSPS) is 15.8. The first kappa shape index (κ1) is 23.3. The van der Waals surface area contributed by atoms with Gasteiger partial charge < -0.3 is 4.57 Å². The minimum absolute atomic E-state index is 0.0119. The van der Waals surface area contributed by atoms with E-state index in [1.165, 1.54) is 28.6 Å². The van der Waals surface area contributed by atoms with Crippen molar-refractivity contribution in [3.8, 4) is 12.1 Å². The van der Waals surface area contributed by atoms with E-state index in [0.29, 0.717) is 32.2 Å². The summed E-state index contributed by atoms with van der Waals surface area (Å²) in [6.45, 7) is 0.542. The standard InChI is InChI=1S/C24H22ClFN4O2S/c25-21-5-1-2-6-24(21)33(31,32)30(14-4-12-28)18-8-10-23-20(16-18)19-15-17(26)7-9-22(19)29(23)13-3-11-27/h1-2,5-7,9,15,18H,3-4,8,10,13-14,16H2. The Balaban J connectivity index is 1.78. The zero-order valence-corrected chi connectivity index (χ0v) is 19.4. The fourth-order valence-corrected chi connectivity index (χ4v) is 6.86. The number of nitriles is 2. The van der Waals surface area contributed by atoms with E-state index < -0.39 is 16.1 Å². The molecular weight excluding hydrogens is 463 g/mol. The summed E-state index contributed by atoms with van der Waals surface area (Å²) in [5, 5.41) is 19.1. The van der Waals surface area contributed by atoms with Crippen molar-refractivity contribution in [1.82, 2.24) is 8.87 Å². The molecule has 0 saturated heterocycles. The first-order valence-corrected chi connectivity index (χ1v) is 12.5. The lowest BCUT2D eigenvalue weighted by molar-refractivity contribution is 0.295. The van der Waals surface area contributed by atoms with Gasteiger partial charge in [-0.1, -0.05) is 23.7 Å². The Morgan fingerprint density at radius 1 is 1.15 bits per heavy atom. The maximum absolute atomic E-state index is 14.1. The maximum atomic E-state index is 14.1. The lowest BCUT2D eigenvalue weighted by Crippen LogP contribution is -2.44. The molecule has 3 aromatic rings. The van der Waals surface area contributed by atoms with E-state index in [0.717, 1.165) is 22.2 Å². The molecule has 1 heterocycles. The maximum Gasteiger partial charge on any atom is 0.244 e. The van der Waals surface area contributed by atoms with Crippen LogP contribution in [0.15, 0.2) is 47.4 Å². The smallest absolute Gasteiger partial charge is 0.244 e. The first-order valence-electron chi connectivity index (χ1n) is 10.7. The molecule has 9 heteroatoms. The minimum atomic E-state index is -3.95. The van der Waals surface area contributed by atoms with Gasteiger partial charge in [0.15, 0.2) is 0 Å². The van der Waals surface area contributed by atoms with Crippen LogP contribution in [0.2, 0.25) is 5.02 Å². The van der Waals surface area contributed by atoms with E-state index in [-0.39, 0.29) is 28.7 Å². The SMILES string of the molecule is N#CCCN(C1CCc2c(c3cc(F)ccc3n2CCC#N)C1)S(=O)(=O)c1ccccc1Cl. The summed E-state index contributed by atoms with van der Waals surface area (Å²) < 4.78 is 44.7. The molecule has 0 amide bonds. The lowest BCUT2D eigenvalue weighted by Gasteiger charge is -2.34. The van der Waals surface area contributed by atoms with Gasteiger partial charge in [-0.3, -0.25) is 0 Å². The zero-order valence-electron chi connectivity index (χ0n) is 17.8. The molecule has 4 rings (SSSR count). The van der Waals surface area contributed by atoms with Gasteiger partial charge in [0.2, 0.25) is 10.0 Å². The van der Waals surface area contributed by atoms with Gasteiger partial charge in [-0.25, -0.2) is 12.8 Å². The van der Waals surface area contributed by atoms with Gasteiger partial charge >= 0.3 is 0 Å². The molecule has 1 aliphatic carbocycles. The van der Waals surface area contributed by atoms with Crippen molar-refractivity contribution in [3.63, 3.8) is 0 Å². The van der Waals surface area contributed by atoms with Crippen LogP contribution < -0.4 is 0 Å². The van der Waals surface area contributed by atoms with E-state index >= 15 is 0 Å². The molecule has 1 atom stereocenters. The van der Waals surface area contributed by atoms with Crippen LogP contribution in [-0.2, 0) is 29.4 Å². The summed E-state index contributed by atoms with van der Waals surface area (Å²) >= 11 is 6.21. The molecule has 1 aliphatic rings. The summed E-state index contributed by atoms with van der Waals surface area (Å²) in [5.74, 6) is -0.366. The summed E-state index contributed by atoms with van der Waals surface area (Å²) in [5.41, 5.74) is 2.75. The molecule has 0 N–H and O–H groups in total. The van der Waals surface area contributed by atoms with Gasteiger partial charge in [0.05, 0.1) is 23.6 Å². The molecule has 0 fully saturated rings. The second kappa shape index (κ2) is 9.52. The third kappa shape index (κ3) is 4.35. The molecule has 2 aromatic carbocycles. The first-order chi connectivity index (χ1) is 15.9. The Hall–Kier alpha value is -2.91. The van der Waals surface area contributed by atoms with Crippen LogP contribution in [0.5, 0.6) is 0 Å². The summed E-state index contributed by atoms with van der Waals surface area (Å²) in [7, 11) is -3.95. The number of sulfonamides is 1. The Kier molecular flexibility index (Phi) is 6.71. The van der Waals surface area contributed by atoms with Crippen molar-refractivity contribution in [2.75, 3.05) is 6.54 Å². The van der Waals surface area contributed by atoms with Crippen LogP contribution in [0.25, 0.3) is 10.9 Å². The third-order valence-corrected chi connectivity index (χ3v) is 8.58. The minimum Gasteiger partial charge on any atom is -0.343 e. The number of hydrogen-bond acceptors (Lipinski definition) is 4. The lowest BCUT2D eigenvalue weighted by atomic mass is 9.91. The van der Waals surface area contributed by atoms with Crippen molar-refractivity contribution < 1.29 is 12.8 Å².